The third-order valence-corrected chi connectivity index (χ3v) is 7.31. The predicted octanol–water partition coefficient (Wildman–Crippen LogP) is -0.115. The van der Waals surface area contributed by atoms with Crippen molar-refractivity contribution in [1.82, 2.24) is 0 Å². The van der Waals surface area contributed by atoms with Crippen LogP contribution in [0.5, 0.6) is 23.0 Å². The summed E-state index contributed by atoms with van der Waals surface area (Å²) in [5.41, 5.74) is -1.28. The van der Waals surface area contributed by atoms with E-state index in [0.29, 0.717) is 0 Å². The number of hydrogen-bond acceptors (Lipinski definition) is 14. The normalized spacial score (nSPS) is 32.3. The van der Waals surface area contributed by atoms with E-state index in [2.05, 4.69) is 0 Å². The molecule has 3 heterocycles. The average molecular weight is 577 g/mol. The standard InChI is InChI=1S/C27H28O14/c1-8-20(33)23(36)26(41-27-24(37)22(35)19(32)9(2)39-27)25(38-8)18-14(31)7-16-17(21(18)34)13(30)6-15(40-16)10-3-4-11(28)12(29)5-10/h3-9,19,22-29,31-32,34-37H,1-2H3/t8?,9?,19-,22-,23-,24?,25+,26?,27-/m0/s1. The van der Waals surface area contributed by atoms with Crippen molar-refractivity contribution in [2.75, 3.05) is 0 Å². The number of rotatable bonds is 4. The number of carbonyl (C=O) groups is 1. The molecule has 3 aromatic rings. The molecule has 2 fully saturated rings. The first-order chi connectivity index (χ1) is 19.3. The number of aliphatic hydroxyl groups is 4. The van der Waals surface area contributed by atoms with Crippen LogP contribution in [0.25, 0.3) is 22.3 Å². The van der Waals surface area contributed by atoms with Crippen molar-refractivity contribution in [3.8, 4) is 34.3 Å². The Morgan fingerprint density at radius 2 is 1.51 bits per heavy atom. The molecular weight excluding hydrogens is 548 g/mol. The molecule has 0 saturated carbocycles. The Bertz CT molecular complexity index is 1550. The summed E-state index contributed by atoms with van der Waals surface area (Å²) in [5.74, 6) is -3.25. The highest BCUT2D eigenvalue weighted by molar-refractivity contribution is 5.90. The highest BCUT2D eigenvalue weighted by Crippen LogP contribution is 2.45. The zero-order valence-electron chi connectivity index (χ0n) is 21.6. The maximum atomic E-state index is 13.1. The Balaban J connectivity index is 1.58. The van der Waals surface area contributed by atoms with Crippen molar-refractivity contribution >= 4 is 16.8 Å². The second-order valence-electron chi connectivity index (χ2n) is 10.0. The highest BCUT2D eigenvalue weighted by Gasteiger charge is 2.50. The smallest absolute Gasteiger partial charge is 0.197 e. The summed E-state index contributed by atoms with van der Waals surface area (Å²) in [4.78, 5) is 25.7. The second kappa shape index (κ2) is 10.6. The van der Waals surface area contributed by atoms with Crippen molar-refractivity contribution in [3.63, 3.8) is 0 Å². The van der Waals surface area contributed by atoms with Crippen LogP contribution in [0.4, 0.5) is 0 Å². The Morgan fingerprint density at radius 1 is 0.805 bits per heavy atom. The van der Waals surface area contributed by atoms with Gasteiger partial charge in [-0.3, -0.25) is 9.59 Å². The van der Waals surface area contributed by atoms with Gasteiger partial charge < -0.3 is 59.5 Å². The molecular formula is C27H28O14. The molecule has 0 radical (unpaired) electrons. The maximum Gasteiger partial charge on any atom is 0.197 e. The number of benzene rings is 2. The first-order valence-corrected chi connectivity index (χ1v) is 12.6. The van der Waals surface area contributed by atoms with Gasteiger partial charge in [0.15, 0.2) is 29.0 Å². The van der Waals surface area contributed by atoms with E-state index in [9.17, 15) is 50.4 Å². The topological polar surface area (TPSA) is 237 Å². The minimum atomic E-state index is -1.92. The van der Waals surface area contributed by atoms with Crippen LogP contribution in [0.1, 0.15) is 25.5 Å². The van der Waals surface area contributed by atoms with E-state index < -0.39 is 100 Å². The fraction of sp³-hybridized carbons (Fsp3) is 0.407. The van der Waals surface area contributed by atoms with E-state index in [0.717, 1.165) is 18.2 Å². The van der Waals surface area contributed by atoms with E-state index in [1.807, 2.05) is 0 Å². The first-order valence-electron chi connectivity index (χ1n) is 12.6. The van der Waals surface area contributed by atoms with Gasteiger partial charge in [0, 0.05) is 17.7 Å². The molecule has 5 rings (SSSR count). The molecule has 14 heteroatoms. The minimum Gasteiger partial charge on any atom is -0.507 e. The number of carbonyl (C=O) groups excluding carboxylic acids is 1. The lowest BCUT2D eigenvalue weighted by Gasteiger charge is -2.44. The number of fused-ring (bicyclic) bond motifs is 1. The number of aromatic hydroxyl groups is 4. The zero-order valence-corrected chi connectivity index (χ0v) is 21.6. The van der Waals surface area contributed by atoms with Gasteiger partial charge in [-0.25, -0.2) is 0 Å². The summed E-state index contributed by atoms with van der Waals surface area (Å²) in [6.45, 7) is 2.70. The number of phenols is 4. The fourth-order valence-electron chi connectivity index (χ4n) is 5.00. The molecule has 14 nitrogen and oxygen atoms in total. The Morgan fingerprint density at radius 3 is 2.20 bits per heavy atom. The van der Waals surface area contributed by atoms with Crippen molar-refractivity contribution in [2.24, 2.45) is 0 Å². The van der Waals surface area contributed by atoms with E-state index in [-0.39, 0.29) is 16.9 Å². The van der Waals surface area contributed by atoms with Gasteiger partial charge in [0.1, 0.15) is 71.0 Å². The molecule has 0 bridgehead atoms. The number of hydrogen-bond donors (Lipinski definition) is 8. The van der Waals surface area contributed by atoms with Crippen LogP contribution in [0.2, 0.25) is 0 Å². The number of aliphatic hydroxyl groups excluding tert-OH is 4. The van der Waals surface area contributed by atoms with Gasteiger partial charge in [0.05, 0.1) is 11.7 Å². The number of ether oxygens (including phenoxy) is 3. The van der Waals surface area contributed by atoms with E-state index in [4.69, 9.17) is 18.6 Å². The van der Waals surface area contributed by atoms with E-state index in [1.54, 1.807) is 0 Å². The molecule has 0 aliphatic carbocycles. The van der Waals surface area contributed by atoms with Crippen LogP contribution in [0.3, 0.4) is 0 Å². The van der Waals surface area contributed by atoms with Crippen LogP contribution in [0.15, 0.2) is 39.5 Å². The monoisotopic (exact) mass is 576 g/mol. The van der Waals surface area contributed by atoms with Crippen LogP contribution in [-0.2, 0) is 19.0 Å². The third kappa shape index (κ3) is 4.89. The second-order valence-corrected chi connectivity index (χ2v) is 10.0. The molecule has 41 heavy (non-hydrogen) atoms. The fourth-order valence-corrected chi connectivity index (χ4v) is 5.00. The largest absolute Gasteiger partial charge is 0.507 e. The van der Waals surface area contributed by atoms with Crippen molar-refractivity contribution < 1.29 is 64.3 Å². The summed E-state index contributed by atoms with van der Waals surface area (Å²) in [6.07, 6.45) is -14.2. The summed E-state index contributed by atoms with van der Waals surface area (Å²) in [5, 5.41) is 82.5. The number of ketones is 1. The molecule has 2 aromatic carbocycles. The summed E-state index contributed by atoms with van der Waals surface area (Å²) in [7, 11) is 0. The van der Waals surface area contributed by atoms with E-state index >= 15 is 0 Å². The molecule has 8 N–H and O–H groups in total. The van der Waals surface area contributed by atoms with Gasteiger partial charge in [-0.1, -0.05) is 0 Å². The summed E-state index contributed by atoms with van der Waals surface area (Å²) >= 11 is 0. The maximum absolute atomic E-state index is 13.1. The number of Topliss-reactive ketones (excluding diaryl/α,β-unsaturated/α-hetero) is 1. The van der Waals surface area contributed by atoms with Crippen LogP contribution < -0.4 is 5.43 Å². The zero-order chi connectivity index (χ0) is 29.9. The lowest BCUT2D eigenvalue weighted by molar-refractivity contribution is -0.323. The van der Waals surface area contributed by atoms with Crippen molar-refractivity contribution in [2.45, 2.75) is 69.0 Å². The third-order valence-electron chi connectivity index (χ3n) is 7.31. The lowest BCUT2D eigenvalue weighted by Crippen LogP contribution is -2.60. The lowest BCUT2D eigenvalue weighted by atomic mass is 9.90. The molecule has 4 unspecified atom stereocenters. The molecule has 2 aliphatic heterocycles. The minimum absolute atomic E-state index is 0.0626. The van der Waals surface area contributed by atoms with Crippen LogP contribution >= 0.6 is 0 Å². The Hall–Kier alpha value is -3.76. The molecule has 9 atom stereocenters. The quantitative estimate of drug-likeness (QED) is 0.189. The van der Waals surface area contributed by atoms with Crippen molar-refractivity contribution in [3.05, 3.63) is 46.1 Å². The SMILES string of the molecule is CC1O[C@H](c2c(O)cc3oc(-c4ccc(O)c(O)c4)cc(=O)c3c2O)C(O[C@@H]2OC(C)[C@H](O)[C@H](O)C2O)[C@@H](O)C1=O. The van der Waals surface area contributed by atoms with Crippen molar-refractivity contribution in [1.29, 1.82) is 0 Å². The van der Waals surface area contributed by atoms with E-state index in [1.165, 1.54) is 26.0 Å². The Labute approximate surface area is 230 Å². The number of phenolic OH excluding ortho intramolecular Hbond substituents is 4. The van der Waals surface area contributed by atoms with Gasteiger partial charge in [0.2, 0.25) is 0 Å². The first kappa shape index (κ1) is 28.8. The van der Waals surface area contributed by atoms with Gasteiger partial charge in [-0.05, 0) is 32.0 Å². The van der Waals surface area contributed by atoms with Gasteiger partial charge in [-0.15, -0.1) is 0 Å². The molecule has 220 valence electrons. The molecule has 2 aliphatic rings. The van der Waals surface area contributed by atoms with Gasteiger partial charge in [-0.2, -0.15) is 0 Å². The molecule has 2 saturated heterocycles. The summed E-state index contributed by atoms with van der Waals surface area (Å²) < 4.78 is 22.5. The van der Waals surface area contributed by atoms with Crippen LogP contribution in [-0.4, -0.2) is 95.7 Å². The summed E-state index contributed by atoms with van der Waals surface area (Å²) in [6, 6.07) is 5.69. The molecule has 0 amide bonds. The van der Waals surface area contributed by atoms with Crippen LogP contribution in [0, 0.1) is 0 Å². The highest BCUT2D eigenvalue weighted by atomic mass is 16.7. The average Bonchev–Trinajstić information content (AvgIpc) is 2.92. The Kier molecular flexibility index (Phi) is 7.42. The van der Waals surface area contributed by atoms with Gasteiger partial charge >= 0.3 is 0 Å². The predicted molar refractivity (Wildman–Crippen MR) is 136 cm³/mol. The molecule has 1 aromatic heterocycles. The molecule has 0 spiro atoms. The van der Waals surface area contributed by atoms with Gasteiger partial charge in [0.25, 0.3) is 0 Å².